The quantitative estimate of drug-likeness (QED) is 0.694. The number of benzene rings is 2. The molecule has 2 aromatic rings. The molecular weight excluding hydrogens is 321 g/mol. The maximum absolute atomic E-state index is 6.38. The molecule has 0 spiro atoms. The molecule has 1 aliphatic rings. The van der Waals surface area contributed by atoms with Crippen LogP contribution in [0, 0.1) is 0 Å². The van der Waals surface area contributed by atoms with E-state index in [1.54, 1.807) is 11.8 Å². The zero-order chi connectivity index (χ0) is 14.7. The van der Waals surface area contributed by atoms with Gasteiger partial charge >= 0.3 is 0 Å². The number of nitrogens with one attached hydrogen (secondary N) is 1. The van der Waals surface area contributed by atoms with Gasteiger partial charge in [0.1, 0.15) is 0 Å². The molecule has 0 amide bonds. The molecule has 0 radical (unpaired) electrons. The first-order valence-corrected chi connectivity index (χ1v) is 8.84. The van der Waals surface area contributed by atoms with Crippen LogP contribution in [0.2, 0.25) is 10.0 Å². The monoisotopic (exact) mass is 337 g/mol. The van der Waals surface area contributed by atoms with Gasteiger partial charge in [0, 0.05) is 28.3 Å². The van der Waals surface area contributed by atoms with Crippen molar-refractivity contribution in [3.8, 4) is 0 Å². The predicted molar refractivity (Wildman–Crippen MR) is 92.3 cm³/mol. The second-order valence-corrected chi connectivity index (χ2v) is 7.13. The van der Waals surface area contributed by atoms with Crippen LogP contribution in [0.5, 0.6) is 0 Å². The van der Waals surface area contributed by atoms with E-state index in [1.165, 1.54) is 28.9 Å². The fraction of sp³-hybridized carbons (Fsp3) is 0.294. The molecule has 1 saturated carbocycles. The molecule has 2 aromatic carbocycles. The summed E-state index contributed by atoms with van der Waals surface area (Å²) in [6.45, 7) is 0.897. The highest BCUT2D eigenvalue weighted by Gasteiger charge is 2.20. The minimum absolute atomic E-state index is 0.707. The lowest BCUT2D eigenvalue weighted by Gasteiger charge is -2.12. The van der Waals surface area contributed by atoms with E-state index in [4.69, 9.17) is 23.2 Å². The van der Waals surface area contributed by atoms with Crippen LogP contribution < -0.4 is 5.32 Å². The average molecular weight is 338 g/mol. The van der Waals surface area contributed by atoms with Gasteiger partial charge in [0.2, 0.25) is 0 Å². The molecule has 3 rings (SSSR count). The molecule has 0 atom stereocenters. The third kappa shape index (κ3) is 4.40. The number of hydrogen-bond donors (Lipinski definition) is 1. The van der Waals surface area contributed by atoms with Gasteiger partial charge in [-0.1, -0.05) is 47.5 Å². The van der Waals surface area contributed by atoms with Crippen LogP contribution in [0.1, 0.15) is 24.0 Å². The van der Waals surface area contributed by atoms with E-state index in [9.17, 15) is 0 Å². The first-order valence-electron chi connectivity index (χ1n) is 7.10. The lowest BCUT2D eigenvalue weighted by molar-refractivity contribution is 0.680. The molecule has 0 aliphatic heterocycles. The Kier molecular flexibility index (Phi) is 5.12. The van der Waals surface area contributed by atoms with Crippen molar-refractivity contribution in [1.29, 1.82) is 0 Å². The van der Waals surface area contributed by atoms with Crippen molar-refractivity contribution in [1.82, 2.24) is 5.32 Å². The Bertz CT molecular complexity index is 609. The van der Waals surface area contributed by atoms with Crippen molar-refractivity contribution in [2.75, 3.05) is 0 Å². The van der Waals surface area contributed by atoms with Gasteiger partial charge in [0.25, 0.3) is 0 Å². The topological polar surface area (TPSA) is 12.0 Å². The van der Waals surface area contributed by atoms with E-state index < -0.39 is 0 Å². The van der Waals surface area contributed by atoms with E-state index in [1.807, 2.05) is 24.3 Å². The molecule has 0 bridgehead atoms. The van der Waals surface area contributed by atoms with Crippen LogP contribution in [-0.2, 0) is 12.3 Å². The zero-order valence-corrected chi connectivity index (χ0v) is 13.9. The Balaban J connectivity index is 1.69. The zero-order valence-electron chi connectivity index (χ0n) is 11.6. The summed E-state index contributed by atoms with van der Waals surface area (Å²) in [4.78, 5) is 1.18. The molecule has 1 nitrogen and oxygen atoms in total. The summed E-state index contributed by atoms with van der Waals surface area (Å²) < 4.78 is 0. The Morgan fingerprint density at radius 3 is 2.52 bits per heavy atom. The van der Waals surface area contributed by atoms with Gasteiger partial charge < -0.3 is 5.32 Å². The van der Waals surface area contributed by atoms with Crippen LogP contribution in [-0.4, -0.2) is 6.04 Å². The van der Waals surface area contributed by atoms with Gasteiger partial charge in [-0.3, -0.25) is 0 Å². The summed E-state index contributed by atoms with van der Waals surface area (Å²) >= 11 is 14.1. The van der Waals surface area contributed by atoms with E-state index in [0.717, 1.165) is 22.3 Å². The van der Waals surface area contributed by atoms with Gasteiger partial charge in [-0.25, -0.2) is 0 Å². The molecule has 0 aromatic heterocycles. The second-order valence-electron chi connectivity index (χ2n) is 5.30. The van der Waals surface area contributed by atoms with Crippen LogP contribution >= 0.6 is 35.0 Å². The minimum Gasteiger partial charge on any atom is -0.310 e. The van der Waals surface area contributed by atoms with Crippen molar-refractivity contribution in [3.05, 3.63) is 63.6 Å². The van der Waals surface area contributed by atoms with Crippen molar-refractivity contribution >= 4 is 35.0 Å². The Hall–Kier alpha value is -0.670. The highest BCUT2D eigenvalue weighted by molar-refractivity contribution is 7.98. The van der Waals surface area contributed by atoms with E-state index in [-0.39, 0.29) is 0 Å². The fourth-order valence-corrected chi connectivity index (χ4v) is 3.65. The van der Waals surface area contributed by atoms with Crippen molar-refractivity contribution in [2.24, 2.45) is 0 Å². The normalized spacial score (nSPS) is 14.4. The fourth-order valence-electron chi connectivity index (χ4n) is 2.13. The van der Waals surface area contributed by atoms with Crippen molar-refractivity contribution in [3.63, 3.8) is 0 Å². The second kappa shape index (κ2) is 7.06. The molecule has 0 heterocycles. The minimum atomic E-state index is 0.707. The molecule has 0 saturated heterocycles. The smallest absolute Gasteiger partial charge is 0.0545 e. The maximum atomic E-state index is 6.38. The SMILES string of the molecule is Clc1ccc(CSc2c(Cl)cccc2CNC2CC2)cc1. The number of thioether (sulfide) groups is 1. The van der Waals surface area contributed by atoms with E-state index in [0.29, 0.717) is 6.04 Å². The lowest BCUT2D eigenvalue weighted by Crippen LogP contribution is -2.15. The summed E-state index contributed by atoms with van der Waals surface area (Å²) in [6.07, 6.45) is 2.60. The highest BCUT2D eigenvalue weighted by Crippen LogP contribution is 2.33. The molecule has 1 aliphatic carbocycles. The molecule has 110 valence electrons. The molecular formula is C17H17Cl2NS. The van der Waals surface area contributed by atoms with Crippen molar-refractivity contribution in [2.45, 2.75) is 36.1 Å². The molecule has 0 unspecified atom stereocenters. The Morgan fingerprint density at radius 2 is 1.81 bits per heavy atom. The maximum Gasteiger partial charge on any atom is 0.0545 e. The van der Waals surface area contributed by atoms with E-state index >= 15 is 0 Å². The highest BCUT2D eigenvalue weighted by atomic mass is 35.5. The van der Waals surface area contributed by atoms with Crippen LogP contribution in [0.3, 0.4) is 0 Å². The summed E-state index contributed by atoms with van der Waals surface area (Å²) in [5, 5.41) is 5.17. The van der Waals surface area contributed by atoms with Crippen LogP contribution in [0.25, 0.3) is 0 Å². The number of halogens is 2. The van der Waals surface area contributed by atoms with Gasteiger partial charge in [-0.15, -0.1) is 11.8 Å². The Labute approximate surface area is 140 Å². The number of hydrogen-bond acceptors (Lipinski definition) is 2. The summed E-state index contributed by atoms with van der Waals surface area (Å²) in [7, 11) is 0. The molecule has 4 heteroatoms. The first kappa shape index (κ1) is 15.2. The predicted octanol–water partition coefficient (Wildman–Crippen LogP) is 5.54. The van der Waals surface area contributed by atoms with Gasteiger partial charge in [0.15, 0.2) is 0 Å². The van der Waals surface area contributed by atoms with Crippen LogP contribution in [0.4, 0.5) is 0 Å². The third-order valence-corrected chi connectivity index (χ3v) is 5.43. The largest absolute Gasteiger partial charge is 0.310 e. The van der Waals surface area contributed by atoms with E-state index in [2.05, 4.69) is 23.5 Å². The first-order chi connectivity index (χ1) is 10.2. The van der Waals surface area contributed by atoms with Gasteiger partial charge in [-0.05, 0) is 42.2 Å². The van der Waals surface area contributed by atoms with Gasteiger partial charge in [-0.2, -0.15) is 0 Å². The average Bonchev–Trinajstić information content (AvgIpc) is 3.30. The van der Waals surface area contributed by atoms with Crippen LogP contribution in [0.15, 0.2) is 47.4 Å². The lowest BCUT2D eigenvalue weighted by atomic mass is 10.2. The standard InChI is InChI=1S/C17H17Cl2NS/c18-14-6-4-12(5-7-14)11-21-17-13(2-1-3-16(17)19)10-20-15-8-9-15/h1-7,15,20H,8-11H2. The third-order valence-electron chi connectivity index (χ3n) is 3.50. The Morgan fingerprint density at radius 1 is 1.05 bits per heavy atom. The summed E-state index contributed by atoms with van der Waals surface area (Å²) in [5.41, 5.74) is 2.54. The van der Waals surface area contributed by atoms with Gasteiger partial charge in [0.05, 0.1) is 5.02 Å². The molecule has 1 fully saturated rings. The van der Waals surface area contributed by atoms with Crippen molar-refractivity contribution < 1.29 is 0 Å². The summed E-state index contributed by atoms with van der Waals surface area (Å²) in [6, 6.07) is 14.8. The molecule has 1 N–H and O–H groups in total. The molecule has 21 heavy (non-hydrogen) atoms. The number of rotatable bonds is 6. The summed E-state index contributed by atoms with van der Waals surface area (Å²) in [5.74, 6) is 0.900.